The van der Waals surface area contributed by atoms with Gasteiger partial charge >= 0.3 is 5.69 Å². The SMILES string of the molecule is COc1ccc(-n2c(=O)c3c4c(sc3n(Cc3ccc(Br)cc3)c2=O)CCCC4)cc1. The fourth-order valence-corrected chi connectivity index (χ4v) is 5.88. The highest BCUT2D eigenvalue weighted by Gasteiger charge is 2.24. The molecule has 4 aromatic rings. The second-order valence-electron chi connectivity index (χ2n) is 7.72. The van der Waals surface area contributed by atoms with Crippen LogP contribution >= 0.6 is 27.3 Å². The molecule has 1 aliphatic rings. The van der Waals surface area contributed by atoms with Crippen LogP contribution in [0.15, 0.2) is 62.6 Å². The van der Waals surface area contributed by atoms with Gasteiger partial charge in [-0.1, -0.05) is 28.1 Å². The summed E-state index contributed by atoms with van der Waals surface area (Å²) in [6.07, 6.45) is 4.07. The van der Waals surface area contributed by atoms with Gasteiger partial charge in [-0.3, -0.25) is 9.36 Å². The average molecular weight is 497 g/mol. The lowest BCUT2D eigenvalue weighted by Crippen LogP contribution is -2.39. The number of hydrogen-bond acceptors (Lipinski definition) is 4. The largest absolute Gasteiger partial charge is 0.497 e. The Morgan fingerprint density at radius 2 is 1.71 bits per heavy atom. The number of thiophene rings is 1. The lowest BCUT2D eigenvalue weighted by molar-refractivity contribution is 0.414. The van der Waals surface area contributed by atoms with Crippen molar-refractivity contribution in [1.82, 2.24) is 9.13 Å². The number of rotatable bonds is 4. The summed E-state index contributed by atoms with van der Waals surface area (Å²) in [5, 5.41) is 0.701. The van der Waals surface area contributed by atoms with Crippen LogP contribution in [0.1, 0.15) is 28.8 Å². The Balaban J connectivity index is 1.79. The Kier molecular flexibility index (Phi) is 5.32. The summed E-state index contributed by atoms with van der Waals surface area (Å²) in [5.41, 5.74) is 2.15. The molecule has 0 radical (unpaired) electrons. The highest BCUT2D eigenvalue weighted by atomic mass is 79.9. The zero-order valence-electron chi connectivity index (χ0n) is 17.1. The molecule has 0 bridgehead atoms. The fourth-order valence-electron chi connectivity index (χ4n) is 4.24. The summed E-state index contributed by atoms with van der Waals surface area (Å²) in [4.78, 5) is 29.3. The van der Waals surface area contributed by atoms with Gasteiger partial charge in [0.05, 0.1) is 24.7 Å². The minimum Gasteiger partial charge on any atom is -0.497 e. The molecule has 2 aromatic heterocycles. The van der Waals surface area contributed by atoms with E-state index in [0.29, 0.717) is 23.4 Å². The van der Waals surface area contributed by atoms with E-state index >= 15 is 0 Å². The van der Waals surface area contributed by atoms with Crippen LogP contribution in [0.4, 0.5) is 0 Å². The van der Waals surface area contributed by atoms with E-state index in [4.69, 9.17) is 4.74 Å². The van der Waals surface area contributed by atoms with Crippen LogP contribution in [0.3, 0.4) is 0 Å². The normalized spacial score (nSPS) is 13.4. The van der Waals surface area contributed by atoms with Crippen LogP contribution in [0, 0.1) is 0 Å². The second-order valence-corrected chi connectivity index (χ2v) is 9.72. The van der Waals surface area contributed by atoms with E-state index in [1.54, 1.807) is 47.3 Å². The Morgan fingerprint density at radius 3 is 2.42 bits per heavy atom. The zero-order valence-corrected chi connectivity index (χ0v) is 19.5. The molecule has 2 aromatic carbocycles. The van der Waals surface area contributed by atoms with Crippen LogP contribution < -0.4 is 16.0 Å². The van der Waals surface area contributed by atoms with E-state index in [2.05, 4.69) is 15.9 Å². The predicted molar refractivity (Wildman–Crippen MR) is 128 cm³/mol. The Bertz CT molecular complexity index is 1380. The number of halogens is 1. The van der Waals surface area contributed by atoms with Gasteiger partial charge in [0.2, 0.25) is 0 Å². The van der Waals surface area contributed by atoms with Gasteiger partial charge in [-0.05, 0) is 73.2 Å². The quantitative estimate of drug-likeness (QED) is 0.403. The van der Waals surface area contributed by atoms with Crippen molar-refractivity contribution in [3.63, 3.8) is 0 Å². The minimum atomic E-state index is -0.316. The summed E-state index contributed by atoms with van der Waals surface area (Å²) < 4.78 is 9.29. The molecule has 0 unspecified atom stereocenters. The van der Waals surface area contributed by atoms with E-state index in [9.17, 15) is 9.59 Å². The number of aromatic nitrogens is 2. The van der Waals surface area contributed by atoms with Crippen molar-refractivity contribution in [1.29, 1.82) is 0 Å². The van der Waals surface area contributed by atoms with Gasteiger partial charge < -0.3 is 4.74 Å². The number of nitrogens with zero attached hydrogens (tertiary/aromatic N) is 2. The number of hydrogen-bond donors (Lipinski definition) is 0. The molecule has 5 nitrogen and oxygen atoms in total. The van der Waals surface area contributed by atoms with Crippen molar-refractivity contribution in [3.8, 4) is 11.4 Å². The van der Waals surface area contributed by atoms with Crippen LogP contribution in [-0.2, 0) is 19.4 Å². The third kappa shape index (κ3) is 3.55. The topological polar surface area (TPSA) is 53.2 Å². The van der Waals surface area contributed by atoms with Crippen molar-refractivity contribution in [2.45, 2.75) is 32.2 Å². The van der Waals surface area contributed by atoms with Gasteiger partial charge in [-0.25, -0.2) is 9.36 Å². The molecular formula is C24H21BrN2O3S. The second kappa shape index (κ2) is 8.13. The van der Waals surface area contributed by atoms with E-state index < -0.39 is 0 Å². The summed E-state index contributed by atoms with van der Waals surface area (Å²) in [7, 11) is 1.59. The molecular weight excluding hydrogens is 476 g/mol. The lowest BCUT2D eigenvalue weighted by Gasteiger charge is -2.14. The van der Waals surface area contributed by atoms with Crippen LogP contribution in [0.25, 0.3) is 15.9 Å². The van der Waals surface area contributed by atoms with Gasteiger partial charge in [0.25, 0.3) is 5.56 Å². The Labute approximate surface area is 191 Å². The molecule has 158 valence electrons. The summed E-state index contributed by atoms with van der Waals surface area (Å²) in [5.74, 6) is 0.681. The van der Waals surface area contributed by atoms with Crippen molar-refractivity contribution in [2.75, 3.05) is 7.11 Å². The fraction of sp³-hybridized carbons (Fsp3) is 0.250. The number of methoxy groups -OCH3 is 1. The molecule has 1 aliphatic carbocycles. The molecule has 0 amide bonds. The lowest BCUT2D eigenvalue weighted by atomic mass is 9.97. The van der Waals surface area contributed by atoms with Crippen LogP contribution in [0.2, 0.25) is 0 Å². The predicted octanol–water partition coefficient (Wildman–Crippen LogP) is 4.91. The van der Waals surface area contributed by atoms with Gasteiger partial charge in [0.15, 0.2) is 0 Å². The summed E-state index contributed by atoms with van der Waals surface area (Å²) in [6, 6.07) is 15.0. The standard InChI is InChI=1S/C24H21BrN2O3S/c1-30-18-12-10-17(11-13-18)27-22(28)21-19-4-2-3-5-20(19)31-23(21)26(24(27)29)14-15-6-8-16(25)9-7-15/h6-13H,2-5,14H2,1H3. The maximum Gasteiger partial charge on any atom is 0.337 e. The van der Waals surface area contributed by atoms with Crippen LogP contribution in [0.5, 0.6) is 5.75 Å². The summed E-state index contributed by atoms with van der Waals surface area (Å²) >= 11 is 5.07. The molecule has 7 heteroatoms. The van der Waals surface area contributed by atoms with Crippen LogP contribution in [-0.4, -0.2) is 16.2 Å². The minimum absolute atomic E-state index is 0.225. The van der Waals surface area contributed by atoms with Gasteiger partial charge in [-0.15, -0.1) is 11.3 Å². The number of benzene rings is 2. The molecule has 0 saturated carbocycles. The highest BCUT2D eigenvalue weighted by molar-refractivity contribution is 9.10. The molecule has 0 fully saturated rings. The molecule has 2 heterocycles. The van der Waals surface area contributed by atoms with Gasteiger partial charge in [-0.2, -0.15) is 0 Å². The smallest absolute Gasteiger partial charge is 0.337 e. The molecule has 0 spiro atoms. The molecule has 0 N–H and O–H groups in total. The first-order valence-corrected chi connectivity index (χ1v) is 11.9. The molecule has 0 saturated heterocycles. The average Bonchev–Trinajstić information content (AvgIpc) is 3.18. The van der Waals surface area contributed by atoms with Gasteiger partial charge in [0.1, 0.15) is 10.6 Å². The molecule has 31 heavy (non-hydrogen) atoms. The van der Waals surface area contributed by atoms with Crippen molar-refractivity contribution in [2.24, 2.45) is 0 Å². The number of ether oxygens (including phenoxy) is 1. The van der Waals surface area contributed by atoms with E-state index in [1.165, 1.54) is 9.44 Å². The van der Waals surface area contributed by atoms with E-state index in [0.717, 1.165) is 46.1 Å². The first kappa shape index (κ1) is 20.3. The highest BCUT2D eigenvalue weighted by Crippen LogP contribution is 2.34. The molecule has 5 rings (SSSR count). The van der Waals surface area contributed by atoms with Crippen molar-refractivity contribution in [3.05, 3.63) is 89.8 Å². The van der Waals surface area contributed by atoms with Crippen molar-refractivity contribution < 1.29 is 4.74 Å². The Morgan fingerprint density at radius 1 is 1.00 bits per heavy atom. The number of aryl methyl sites for hydroxylation is 2. The van der Waals surface area contributed by atoms with E-state index in [-0.39, 0.29) is 11.2 Å². The van der Waals surface area contributed by atoms with E-state index in [1.807, 2.05) is 24.3 Å². The third-order valence-corrected chi connectivity index (χ3v) is 7.67. The Hall–Kier alpha value is -2.64. The first-order chi connectivity index (χ1) is 15.1. The van der Waals surface area contributed by atoms with Gasteiger partial charge in [0, 0.05) is 9.35 Å². The third-order valence-electron chi connectivity index (χ3n) is 5.82. The first-order valence-electron chi connectivity index (χ1n) is 10.3. The van der Waals surface area contributed by atoms with Crippen molar-refractivity contribution >= 4 is 37.5 Å². The monoisotopic (exact) mass is 496 g/mol. The number of fused-ring (bicyclic) bond motifs is 3. The molecule has 0 atom stereocenters. The summed E-state index contributed by atoms with van der Waals surface area (Å²) in [6.45, 7) is 0.415. The maximum atomic E-state index is 13.6. The zero-order chi connectivity index (χ0) is 21.5. The maximum absolute atomic E-state index is 13.6. The molecule has 0 aliphatic heterocycles.